The molecule has 0 saturated heterocycles. The van der Waals surface area contributed by atoms with Crippen LogP contribution in [0.3, 0.4) is 0 Å². The monoisotopic (exact) mass is 502 g/mol. The molecule has 7 heteroatoms. The maximum Gasteiger partial charge on any atom is 0.129 e. The lowest BCUT2D eigenvalue weighted by molar-refractivity contribution is 0.306. The Hall–Kier alpha value is -2.43. The van der Waals surface area contributed by atoms with Crippen molar-refractivity contribution in [3.05, 3.63) is 110 Å². The van der Waals surface area contributed by atoms with Crippen LogP contribution in [0, 0.1) is 0 Å². The van der Waals surface area contributed by atoms with E-state index in [0.717, 1.165) is 27.5 Å². The molecule has 1 N–H and O–H groups in total. The Labute approximate surface area is 206 Å². The van der Waals surface area contributed by atoms with Crippen LogP contribution in [0.15, 0.2) is 77.9 Å². The standard InChI is InChI=1S/C25H18Cl4N2O/c26-21-6-3-7-22(27)20(21)14-31-30-13-19-18-5-2-1-4-17(18)9-11-25(19)32-15-16-8-10-23(28)24(29)12-16/h1-13,31H,14-15H2/b30-13+. The highest BCUT2D eigenvalue weighted by molar-refractivity contribution is 6.42. The van der Waals surface area contributed by atoms with Crippen molar-refractivity contribution in [2.24, 2.45) is 5.10 Å². The van der Waals surface area contributed by atoms with E-state index >= 15 is 0 Å². The molecule has 0 aliphatic carbocycles. The molecule has 0 bridgehead atoms. The van der Waals surface area contributed by atoms with Crippen LogP contribution in [0.4, 0.5) is 0 Å². The summed E-state index contributed by atoms with van der Waals surface area (Å²) in [6.07, 6.45) is 1.75. The van der Waals surface area contributed by atoms with E-state index < -0.39 is 0 Å². The second-order valence-corrected chi connectivity index (χ2v) is 8.66. The number of halogens is 4. The van der Waals surface area contributed by atoms with Crippen LogP contribution in [0.1, 0.15) is 16.7 Å². The van der Waals surface area contributed by atoms with Gasteiger partial charge in [-0.25, -0.2) is 0 Å². The summed E-state index contributed by atoms with van der Waals surface area (Å²) in [5, 5.41) is 8.71. The summed E-state index contributed by atoms with van der Waals surface area (Å²) in [4.78, 5) is 0. The molecular formula is C25H18Cl4N2O. The lowest BCUT2D eigenvalue weighted by atomic mass is 10.0. The molecule has 4 aromatic carbocycles. The Morgan fingerprint density at radius 3 is 2.34 bits per heavy atom. The number of hydrazone groups is 1. The van der Waals surface area contributed by atoms with Gasteiger partial charge in [-0.05, 0) is 46.7 Å². The Kier molecular flexibility index (Phi) is 7.44. The van der Waals surface area contributed by atoms with Crippen LogP contribution in [-0.2, 0) is 13.2 Å². The van der Waals surface area contributed by atoms with Crippen molar-refractivity contribution >= 4 is 63.4 Å². The third kappa shape index (κ3) is 5.31. The quantitative estimate of drug-likeness (QED) is 0.204. The molecular weight excluding hydrogens is 486 g/mol. The van der Waals surface area contributed by atoms with Crippen LogP contribution in [-0.4, -0.2) is 6.21 Å². The summed E-state index contributed by atoms with van der Waals surface area (Å²) in [7, 11) is 0. The number of rotatable bonds is 7. The largest absolute Gasteiger partial charge is 0.488 e. The fraction of sp³-hybridized carbons (Fsp3) is 0.0800. The molecule has 32 heavy (non-hydrogen) atoms. The van der Waals surface area contributed by atoms with Gasteiger partial charge in [0.1, 0.15) is 12.4 Å². The van der Waals surface area contributed by atoms with E-state index in [1.165, 1.54) is 0 Å². The molecule has 0 aliphatic rings. The molecule has 0 atom stereocenters. The first-order valence-corrected chi connectivity index (χ1v) is 11.3. The smallest absolute Gasteiger partial charge is 0.129 e. The Morgan fingerprint density at radius 2 is 1.56 bits per heavy atom. The third-order valence-electron chi connectivity index (χ3n) is 4.91. The van der Waals surface area contributed by atoms with Crippen LogP contribution in [0.2, 0.25) is 20.1 Å². The van der Waals surface area contributed by atoms with Gasteiger partial charge >= 0.3 is 0 Å². The van der Waals surface area contributed by atoms with E-state index in [-0.39, 0.29) is 0 Å². The first kappa shape index (κ1) is 22.8. The summed E-state index contributed by atoms with van der Waals surface area (Å²) in [5.74, 6) is 0.705. The number of benzene rings is 4. The van der Waals surface area contributed by atoms with E-state index in [1.807, 2.05) is 48.5 Å². The Morgan fingerprint density at radius 1 is 0.781 bits per heavy atom. The number of fused-ring (bicyclic) bond motifs is 1. The first-order valence-electron chi connectivity index (χ1n) is 9.80. The van der Waals surface area contributed by atoms with Gasteiger partial charge in [0, 0.05) is 21.2 Å². The summed E-state index contributed by atoms with van der Waals surface area (Å²) >= 11 is 24.6. The zero-order valence-corrected chi connectivity index (χ0v) is 19.8. The average Bonchev–Trinajstić information content (AvgIpc) is 2.79. The molecule has 3 nitrogen and oxygen atoms in total. The normalized spacial score (nSPS) is 11.2. The Bertz CT molecular complexity index is 1270. The molecule has 0 saturated carbocycles. The molecule has 0 aromatic heterocycles. The fourth-order valence-corrected chi connectivity index (χ4v) is 4.11. The molecule has 0 radical (unpaired) electrons. The molecule has 4 aromatic rings. The maximum atomic E-state index is 6.24. The molecule has 0 amide bonds. The topological polar surface area (TPSA) is 33.6 Å². The SMILES string of the molecule is Clc1ccc(COc2ccc3ccccc3c2/C=N/NCc2c(Cl)cccc2Cl)cc1Cl. The van der Waals surface area contributed by atoms with Gasteiger partial charge in [-0.15, -0.1) is 0 Å². The molecule has 0 fully saturated rings. The average molecular weight is 504 g/mol. The molecule has 0 aliphatic heterocycles. The zero-order valence-electron chi connectivity index (χ0n) is 16.8. The molecule has 0 unspecified atom stereocenters. The molecule has 0 spiro atoms. The summed E-state index contributed by atoms with van der Waals surface area (Å²) in [5.41, 5.74) is 5.60. The van der Waals surface area contributed by atoms with Gasteiger partial charge in [0.25, 0.3) is 0 Å². The summed E-state index contributed by atoms with van der Waals surface area (Å²) < 4.78 is 6.12. The fourth-order valence-electron chi connectivity index (χ4n) is 3.26. The maximum absolute atomic E-state index is 6.24. The highest BCUT2D eigenvalue weighted by Crippen LogP contribution is 2.29. The Balaban J connectivity index is 1.57. The van der Waals surface area contributed by atoms with E-state index in [4.69, 9.17) is 51.1 Å². The van der Waals surface area contributed by atoms with Crippen molar-refractivity contribution in [1.82, 2.24) is 5.43 Å². The minimum Gasteiger partial charge on any atom is -0.488 e. The van der Waals surface area contributed by atoms with Crippen molar-refractivity contribution in [2.75, 3.05) is 0 Å². The van der Waals surface area contributed by atoms with E-state index in [2.05, 4.69) is 10.5 Å². The van der Waals surface area contributed by atoms with Crippen molar-refractivity contribution in [2.45, 2.75) is 13.2 Å². The van der Waals surface area contributed by atoms with E-state index in [1.54, 1.807) is 30.5 Å². The lowest BCUT2D eigenvalue weighted by Crippen LogP contribution is -2.07. The van der Waals surface area contributed by atoms with Crippen molar-refractivity contribution in [1.29, 1.82) is 0 Å². The molecule has 0 heterocycles. The van der Waals surface area contributed by atoms with E-state index in [0.29, 0.717) is 39.0 Å². The highest BCUT2D eigenvalue weighted by atomic mass is 35.5. The van der Waals surface area contributed by atoms with Crippen LogP contribution in [0.5, 0.6) is 5.75 Å². The van der Waals surface area contributed by atoms with Gasteiger partial charge in [0.15, 0.2) is 0 Å². The highest BCUT2D eigenvalue weighted by Gasteiger charge is 2.09. The number of hydrogen-bond donors (Lipinski definition) is 1. The van der Waals surface area contributed by atoms with Crippen molar-refractivity contribution in [3.8, 4) is 5.75 Å². The van der Waals surface area contributed by atoms with Gasteiger partial charge in [0.05, 0.1) is 22.8 Å². The predicted molar refractivity (Wildman–Crippen MR) is 136 cm³/mol. The van der Waals surface area contributed by atoms with Crippen LogP contribution < -0.4 is 10.2 Å². The molecule has 162 valence electrons. The van der Waals surface area contributed by atoms with Crippen LogP contribution >= 0.6 is 46.4 Å². The minimum absolute atomic E-state index is 0.346. The van der Waals surface area contributed by atoms with Gasteiger partial charge in [-0.1, -0.05) is 88.9 Å². The predicted octanol–water partition coefficient (Wildman–Crippen LogP) is 8.16. The summed E-state index contributed by atoms with van der Waals surface area (Å²) in [6, 6.07) is 22.9. The van der Waals surface area contributed by atoms with E-state index in [9.17, 15) is 0 Å². The first-order chi connectivity index (χ1) is 15.5. The number of nitrogens with zero attached hydrogens (tertiary/aromatic N) is 1. The zero-order chi connectivity index (χ0) is 22.5. The van der Waals surface area contributed by atoms with Gasteiger partial charge in [0.2, 0.25) is 0 Å². The second kappa shape index (κ2) is 10.5. The second-order valence-electron chi connectivity index (χ2n) is 7.03. The van der Waals surface area contributed by atoms with Crippen molar-refractivity contribution in [3.63, 3.8) is 0 Å². The number of ether oxygens (including phenoxy) is 1. The summed E-state index contributed by atoms with van der Waals surface area (Å²) in [6.45, 7) is 0.748. The lowest BCUT2D eigenvalue weighted by Gasteiger charge is -2.12. The molecule has 4 rings (SSSR count). The van der Waals surface area contributed by atoms with Crippen molar-refractivity contribution < 1.29 is 4.74 Å². The third-order valence-corrected chi connectivity index (χ3v) is 6.36. The van der Waals surface area contributed by atoms with Gasteiger partial charge < -0.3 is 10.2 Å². The van der Waals surface area contributed by atoms with Gasteiger partial charge in [-0.2, -0.15) is 5.10 Å². The number of nitrogens with one attached hydrogen (secondary N) is 1. The van der Waals surface area contributed by atoms with Crippen LogP contribution in [0.25, 0.3) is 10.8 Å². The minimum atomic E-state index is 0.346. The van der Waals surface area contributed by atoms with Gasteiger partial charge in [-0.3, -0.25) is 0 Å². The number of hydrogen-bond acceptors (Lipinski definition) is 3.